The molecular formula is CH5N2Y+. The molecular weight excluding hydrogens is 129 g/mol. The summed E-state index contributed by atoms with van der Waals surface area (Å²) in [6.07, 6.45) is 1.00. The Morgan fingerprint density at radius 3 is 1.75 bits per heavy atom. The maximum absolute atomic E-state index is 4.50. The largest absolute Gasteiger partial charge is 0.294 e. The Morgan fingerprint density at radius 1 is 1.75 bits per heavy atom. The van der Waals surface area contributed by atoms with Crippen LogP contribution in [0.25, 0.3) is 0 Å². The Labute approximate surface area is 50.1 Å². The van der Waals surface area contributed by atoms with Crippen LogP contribution in [0.3, 0.4) is 0 Å². The van der Waals surface area contributed by atoms with Gasteiger partial charge in [0.1, 0.15) is 0 Å². The summed E-state index contributed by atoms with van der Waals surface area (Å²) in [6.45, 7) is 0. The molecule has 0 saturated heterocycles. The molecule has 0 aromatic carbocycles. The predicted molar refractivity (Wildman–Crippen MR) is 12.2 cm³/mol. The molecule has 0 spiro atoms. The second kappa shape index (κ2) is 9.56. The van der Waals surface area contributed by atoms with E-state index in [2.05, 4.69) is 11.1 Å². The molecule has 0 aliphatic rings. The van der Waals surface area contributed by atoms with Crippen LogP contribution in [0.1, 0.15) is 0 Å². The van der Waals surface area contributed by atoms with E-state index in [4.69, 9.17) is 0 Å². The van der Waals surface area contributed by atoms with Gasteiger partial charge in [-0.15, -0.1) is 0 Å². The molecule has 0 rings (SSSR count). The van der Waals surface area contributed by atoms with Gasteiger partial charge in [0.05, 0.1) is 0 Å². The van der Waals surface area contributed by atoms with Gasteiger partial charge in [-0.1, -0.05) is 0 Å². The fraction of sp³-hybridized carbons (Fsp3) is 0. The molecule has 0 aromatic heterocycles. The van der Waals surface area contributed by atoms with Crippen LogP contribution in [-0.2, 0) is 32.7 Å². The van der Waals surface area contributed by atoms with E-state index in [0.717, 1.165) is 6.34 Å². The minimum absolute atomic E-state index is 0. The van der Waals surface area contributed by atoms with Crippen LogP contribution < -0.4 is 11.1 Å². The van der Waals surface area contributed by atoms with Crippen molar-refractivity contribution in [2.24, 2.45) is 5.73 Å². The zero-order chi connectivity index (χ0) is 2.71. The third-order valence-corrected chi connectivity index (χ3v) is 0. The van der Waals surface area contributed by atoms with Gasteiger partial charge in [0.15, 0.2) is 0 Å². The first-order chi connectivity index (χ1) is 1.41. The molecule has 21 valence electrons. The average molecular weight is 134 g/mol. The second-order valence-electron chi connectivity index (χ2n) is 0.192. The molecule has 0 unspecified atom stereocenters. The molecule has 0 aliphatic carbocycles. The third-order valence-electron chi connectivity index (χ3n) is 0. The molecule has 0 heterocycles. The van der Waals surface area contributed by atoms with E-state index in [9.17, 15) is 0 Å². The van der Waals surface area contributed by atoms with Crippen molar-refractivity contribution in [3.8, 4) is 0 Å². The molecule has 0 amide bonds. The Hall–Kier alpha value is 0.574. The summed E-state index contributed by atoms with van der Waals surface area (Å²) in [5.74, 6) is 0. The van der Waals surface area contributed by atoms with Crippen LogP contribution in [0.5, 0.6) is 0 Å². The van der Waals surface area contributed by atoms with E-state index in [-0.39, 0.29) is 32.7 Å². The molecule has 3 heteroatoms. The number of rotatable bonds is 0. The summed E-state index contributed by atoms with van der Waals surface area (Å²) in [4.78, 5) is 0. The standard InChI is InChI=1S/CH4N2.Y/c2-1-3;/h1H,(H3,2,3);/p+1. The fourth-order valence-electron chi connectivity index (χ4n) is 0. The number of hydrogen-bond acceptors (Lipinski definition) is 0. The quantitative estimate of drug-likeness (QED) is 0.285. The van der Waals surface area contributed by atoms with Gasteiger partial charge in [0.2, 0.25) is 6.34 Å². The number of nitrogens with two attached hydrogens (primary N) is 2. The van der Waals surface area contributed by atoms with Crippen molar-refractivity contribution in [2.75, 3.05) is 0 Å². The van der Waals surface area contributed by atoms with Gasteiger partial charge < -0.3 is 0 Å². The molecule has 0 bridgehead atoms. The maximum Gasteiger partial charge on any atom is 0.225 e. The summed E-state index contributed by atoms with van der Waals surface area (Å²) >= 11 is 0. The second-order valence-corrected chi connectivity index (χ2v) is 0.192. The van der Waals surface area contributed by atoms with Gasteiger partial charge in [-0.25, -0.2) is 0 Å². The van der Waals surface area contributed by atoms with Crippen molar-refractivity contribution in [3.05, 3.63) is 0 Å². The molecule has 0 fully saturated rings. The third kappa shape index (κ3) is 19.4. The van der Waals surface area contributed by atoms with Crippen molar-refractivity contribution in [1.82, 2.24) is 0 Å². The van der Waals surface area contributed by atoms with E-state index in [1.54, 1.807) is 0 Å². The first kappa shape index (κ1) is 8.82. The molecule has 0 aromatic rings. The summed E-state index contributed by atoms with van der Waals surface area (Å²) in [6, 6.07) is 0. The minimum atomic E-state index is 0. The van der Waals surface area contributed by atoms with Crippen LogP contribution in [0.15, 0.2) is 0 Å². The molecule has 4 heavy (non-hydrogen) atoms. The van der Waals surface area contributed by atoms with Crippen molar-refractivity contribution in [3.63, 3.8) is 0 Å². The summed E-state index contributed by atoms with van der Waals surface area (Å²) in [5, 5.41) is 4.50. The van der Waals surface area contributed by atoms with Crippen molar-refractivity contribution in [1.29, 1.82) is 0 Å². The smallest absolute Gasteiger partial charge is 0.225 e. The van der Waals surface area contributed by atoms with Crippen molar-refractivity contribution < 1.29 is 38.1 Å². The predicted octanol–water partition coefficient (Wildman–Crippen LogP) is -2.27. The monoisotopic (exact) mass is 134 g/mol. The van der Waals surface area contributed by atoms with Gasteiger partial charge in [-0.2, -0.15) is 0 Å². The van der Waals surface area contributed by atoms with Crippen LogP contribution in [-0.4, -0.2) is 6.34 Å². The van der Waals surface area contributed by atoms with E-state index in [0.29, 0.717) is 0 Å². The molecule has 0 saturated carbocycles. The van der Waals surface area contributed by atoms with Gasteiger partial charge in [-0.3, -0.25) is 11.1 Å². The van der Waals surface area contributed by atoms with E-state index in [1.165, 1.54) is 0 Å². The zero-order valence-corrected chi connectivity index (χ0v) is 5.15. The number of hydrogen-bond donors (Lipinski definition) is 2. The van der Waals surface area contributed by atoms with Crippen LogP contribution >= 0.6 is 0 Å². The Balaban J connectivity index is 0. The van der Waals surface area contributed by atoms with Crippen molar-refractivity contribution >= 4 is 6.34 Å². The maximum atomic E-state index is 4.50. The van der Waals surface area contributed by atoms with E-state index >= 15 is 0 Å². The zero-order valence-electron chi connectivity index (χ0n) is 2.31. The first-order valence-corrected chi connectivity index (χ1v) is 0.667. The van der Waals surface area contributed by atoms with E-state index in [1.807, 2.05) is 0 Å². The summed E-state index contributed by atoms with van der Waals surface area (Å²) in [7, 11) is 0. The van der Waals surface area contributed by atoms with Gasteiger partial charge in [0.25, 0.3) is 0 Å². The molecule has 4 N–H and O–H groups in total. The van der Waals surface area contributed by atoms with Crippen LogP contribution in [0, 0.1) is 0 Å². The van der Waals surface area contributed by atoms with Crippen molar-refractivity contribution in [2.45, 2.75) is 0 Å². The van der Waals surface area contributed by atoms with E-state index < -0.39 is 0 Å². The Kier molecular flexibility index (Phi) is 21.1. The van der Waals surface area contributed by atoms with Gasteiger partial charge >= 0.3 is 0 Å². The molecule has 2 nitrogen and oxygen atoms in total. The topological polar surface area (TPSA) is 51.6 Å². The van der Waals surface area contributed by atoms with Gasteiger partial charge in [-0.05, 0) is 0 Å². The van der Waals surface area contributed by atoms with Gasteiger partial charge in [0, 0.05) is 32.7 Å². The van der Waals surface area contributed by atoms with Crippen LogP contribution in [0.4, 0.5) is 0 Å². The summed E-state index contributed by atoms with van der Waals surface area (Å²) in [5.41, 5.74) is 4.50. The molecule has 0 atom stereocenters. The summed E-state index contributed by atoms with van der Waals surface area (Å²) < 4.78 is 0. The molecule has 1 radical (unpaired) electrons. The Bertz CT molecular complexity index is 13.5. The Morgan fingerprint density at radius 2 is 1.75 bits per heavy atom. The normalized spacial score (nSPS) is 3.00. The first-order valence-electron chi connectivity index (χ1n) is 0.667. The average Bonchev–Trinajstić information content (AvgIpc) is 0.918. The fourth-order valence-corrected chi connectivity index (χ4v) is 0. The van der Waals surface area contributed by atoms with Crippen LogP contribution in [0.2, 0.25) is 0 Å². The minimum Gasteiger partial charge on any atom is -0.294 e. The SMILES string of the molecule is NC=[NH2+].[Y]. The molecule has 0 aliphatic heterocycles.